The summed E-state index contributed by atoms with van der Waals surface area (Å²) in [6, 6.07) is 19.0. The van der Waals surface area contributed by atoms with E-state index in [1.807, 2.05) is 72.6 Å². The van der Waals surface area contributed by atoms with E-state index in [9.17, 15) is 4.79 Å². The number of H-pyrrole nitrogens is 1. The largest absolute Gasteiger partial charge is 0.368 e. The summed E-state index contributed by atoms with van der Waals surface area (Å²) in [5.41, 5.74) is 8.52. The molecule has 1 amide bonds. The van der Waals surface area contributed by atoms with Crippen molar-refractivity contribution in [2.75, 3.05) is 7.05 Å². The molecule has 0 fully saturated rings. The van der Waals surface area contributed by atoms with Gasteiger partial charge in [-0.3, -0.25) is 9.69 Å². The molecule has 0 aliphatic rings. The second kappa shape index (κ2) is 7.10. The number of hydrogen-bond donors (Lipinski definition) is 2. The summed E-state index contributed by atoms with van der Waals surface area (Å²) in [6.07, 6.45) is 1.81. The van der Waals surface area contributed by atoms with Crippen LogP contribution < -0.4 is 5.73 Å². The van der Waals surface area contributed by atoms with Gasteiger partial charge in [-0.25, -0.2) is 4.98 Å². The average Bonchev–Trinajstić information content (AvgIpc) is 3.05. The number of carbonyl (C=O) groups is 1. The topological polar surface area (TPSA) is 75.0 Å². The Hall–Kier alpha value is -2.92. The molecule has 0 aliphatic carbocycles. The molecule has 0 saturated carbocycles. The van der Waals surface area contributed by atoms with Gasteiger partial charge in [0.15, 0.2) is 0 Å². The minimum absolute atomic E-state index is 0.376. The zero-order valence-electron chi connectivity index (χ0n) is 13.5. The van der Waals surface area contributed by atoms with Gasteiger partial charge in [0.1, 0.15) is 11.9 Å². The van der Waals surface area contributed by atoms with Gasteiger partial charge in [-0.05, 0) is 18.2 Å². The molecule has 24 heavy (non-hydrogen) atoms. The number of likely N-dealkylation sites (N-methyl/N-ethyl adjacent to an activating group) is 1. The van der Waals surface area contributed by atoms with Gasteiger partial charge in [0, 0.05) is 0 Å². The fourth-order valence-electron chi connectivity index (χ4n) is 2.81. The van der Waals surface area contributed by atoms with Crippen molar-refractivity contribution in [3.05, 3.63) is 78.2 Å². The van der Waals surface area contributed by atoms with E-state index in [2.05, 4.69) is 9.97 Å². The molecular weight excluding hydrogens is 300 g/mol. The first-order valence-electron chi connectivity index (χ1n) is 7.79. The van der Waals surface area contributed by atoms with Crippen molar-refractivity contribution >= 4 is 5.91 Å². The number of aromatic nitrogens is 2. The third-order valence-electron chi connectivity index (χ3n) is 3.94. The number of carbonyl (C=O) groups excluding carboxylic acids is 1. The highest BCUT2D eigenvalue weighted by molar-refractivity contribution is 5.81. The van der Waals surface area contributed by atoms with Gasteiger partial charge in [0.2, 0.25) is 5.91 Å². The molecule has 0 unspecified atom stereocenters. The molecule has 0 spiro atoms. The molecule has 0 bridgehead atoms. The van der Waals surface area contributed by atoms with Crippen LogP contribution in [-0.2, 0) is 11.3 Å². The molecule has 3 N–H and O–H groups in total. The molecule has 1 heterocycles. The number of benzene rings is 2. The number of primary amides is 1. The van der Waals surface area contributed by atoms with Gasteiger partial charge in [0.05, 0.1) is 18.4 Å². The molecular formula is C19H20N4O. The van der Waals surface area contributed by atoms with Crippen LogP contribution in [0.4, 0.5) is 0 Å². The first-order chi connectivity index (χ1) is 11.6. The first kappa shape index (κ1) is 16.0. The maximum absolute atomic E-state index is 11.9. The van der Waals surface area contributed by atoms with Gasteiger partial charge in [-0.1, -0.05) is 60.7 Å². The van der Waals surface area contributed by atoms with Crippen molar-refractivity contribution < 1.29 is 4.79 Å². The number of rotatable bonds is 6. The van der Waals surface area contributed by atoms with Crippen LogP contribution >= 0.6 is 0 Å². The third-order valence-corrected chi connectivity index (χ3v) is 3.94. The van der Waals surface area contributed by atoms with E-state index in [0.717, 1.165) is 22.6 Å². The van der Waals surface area contributed by atoms with Crippen LogP contribution in [0.15, 0.2) is 66.9 Å². The van der Waals surface area contributed by atoms with E-state index < -0.39 is 6.04 Å². The van der Waals surface area contributed by atoms with Gasteiger partial charge < -0.3 is 10.7 Å². The highest BCUT2D eigenvalue weighted by Gasteiger charge is 2.23. The number of nitrogens with one attached hydrogen (secondary N) is 1. The van der Waals surface area contributed by atoms with Crippen molar-refractivity contribution in [1.82, 2.24) is 14.9 Å². The summed E-state index contributed by atoms with van der Waals surface area (Å²) in [6.45, 7) is 0.495. The summed E-state index contributed by atoms with van der Waals surface area (Å²) < 4.78 is 0. The molecule has 5 heteroatoms. The molecule has 1 aromatic heterocycles. The normalized spacial score (nSPS) is 12.2. The van der Waals surface area contributed by atoms with Gasteiger partial charge in [-0.2, -0.15) is 0 Å². The average molecular weight is 320 g/mol. The Morgan fingerprint density at radius 2 is 1.75 bits per heavy atom. The van der Waals surface area contributed by atoms with E-state index in [0.29, 0.717) is 6.54 Å². The maximum atomic E-state index is 11.9. The second-order valence-corrected chi connectivity index (χ2v) is 5.74. The Morgan fingerprint density at radius 3 is 2.38 bits per heavy atom. The molecule has 0 saturated heterocycles. The minimum Gasteiger partial charge on any atom is -0.368 e. The number of nitrogens with zero attached hydrogens (tertiary/aromatic N) is 2. The fourth-order valence-corrected chi connectivity index (χ4v) is 2.81. The van der Waals surface area contributed by atoms with Gasteiger partial charge in [-0.15, -0.1) is 0 Å². The Kier molecular flexibility index (Phi) is 4.72. The summed E-state index contributed by atoms with van der Waals surface area (Å²) in [5.74, 6) is 0.414. The second-order valence-electron chi connectivity index (χ2n) is 5.74. The van der Waals surface area contributed by atoms with Crippen molar-refractivity contribution in [3.8, 4) is 11.3 Å². The monoisotopic (exact) mass is 320 g/mol. The van der Waals surface area contributed by atoms with Crippen LogP contribution in [0.2, 0.25) is 0 Å². The first-order valence-corrected chi connectivity index (χ1v) is 7.79. The molecule has 122 valence electrons. The zero-order chi connectivity index (χ0) is 16.9. The maximum Gasteiger partial charge on any atom is 0.239 e. The third kappa shape index (κ3) is 3.52. The van der Waals surface area contributed by atoms with Crippen LogP contribution in [0.1, 0.15) is 17.4 Å². The zero-order valence-corrected chi connectivity index (χ0v) is 13.5. The van der Waals surface area contributed by atoms with Crippen LogP contribution in [0, 0.1) is 0 Å². The smallest absolute Gasteiger partial charge is 0.239 e. The van der Waals surface area contributed by atoms with E-state index >= 15 is 0 Å². The van der Waals surface area contributed by atoms with Crippen molar-refractivity contribution in [1.29, 1.82) is 0 Å². The quantitative estimate of drug-likeness (QED) is 0.733. The lowest BCUT2D eigenvalue weighted by Crippen LogP contribution is -2.35. The van der Waals surface area contributed by atoms with E-state index in [1.165, 1.54) is 0 Å². The number of aromatic amines is 1. The Bertz CT molecular complexity index is 799. The van der Waals surface area contributed by atoms with Crippen molar-refractivity contribution in [3.63, 3.8) is 0 Å². The lowest BCUT2D eigenvalue weighted by Gasteiger charge is -2.24. The number of imidazole rings is 1. The molecule has 1 atom stereocenters. The lowest BCUT2D eigenvalue weighted by atomic mass is 10.1. The summed E-state index contributed by atoms with van der Waals surface area (Å²) in [7, 11) is 1.87. The van der Waals surface area contributed by atoms with Crippen LogP contribution in [0.5, 0.6) is 0 Å². The molecule has 5 nitrogen and oxygen atoms in total. The summed E-state index contributed by atoms with van der Waals surface area (Å²) >= 11 is 0. The molecule has 3 rings (SSSR count). The SMILES string of the molecule is CN(Cc1ncc(-c2ccccc2)[nH]1)[C@H](C(N)=O)c1ccccc1. The highest BCUT2D eigenvalue weighted by atomic mass is 16.1. The van der Waals surface area contributed by atoms with Gasteiger partial charge in [0.25, 0.3) is 0 Å². The Balaban J connectivity index is 1.77. The molecule has 0 radical (unpaired) electrons. The molecule has 0 aliphatic heterocycles. The molecule has 2 aromatic carbocycles. The highest BCUT2D eigenvalue weighted by Crippen LogP contribution is 2.21. The lowest BCUT2D eigenvalue weighted by molar-refractivity contribution is -0.123. The fraction of sp³-hybridized carbons (Fsp3) is 0.158. The van der Waals surface area contributed by atoms with Gasteiger partial charge >= 0.3 is 0 Å². The van der Waals surface area contributed by atoms with Crippen molar-refractivity contribution in [2.45, 2.75) is 12.6 Å². The predicted molar refractivity (Wildman–Crippen MR) is 93.9 cm³/mol. The van der Waals surface area contributed by atoms with Crippen LogP contribution in [-0.4, -0.2) is 27.8 Å². The minimum atomic E-state index is -0.489. The van der Waals surface area contributed by atoms with Crippen LogP contribution in [0.3, 0.4) is 0 Å². The van der Waals surface area contributed by atoms with E-state index in [-0.39, 0.29) is 5.91 Å². The summed E-state index contributed by atoms with van der Waals surface area (Å²) in [5, 5.41) is 0. The van der Waals surface area contributed by atoms with Crippen molar-refractivity contribution in [2.24, 2.45) is 5.73 Å². The van der Waals surface area contributed by atoms with E-state index in [4.69, 9.17) is 5.73 Å². The Morgan fingerprint density at radius 1 is 1.12 bits per heavy atom. The predicted octanol–water partition coefficient (Wildman–Crippen LogP) is 2.74. The number of nitrogens with two attached hydrogens (primary N) is 1. The standard InChI is InChI=1S/C19H20N4O/c1-23(18(19(20)24)15-10-6-3-7-11-15)13-17-21-12-16(22-17)14-8-4-2-5-9-14/h2-12,18H,13H2,1H3,(H2,20,24)(H,21,22)/t18-/m0/s1. The number of hydrogen-bond acceptors (Lipinski definition) is 3. The summed E-state index contributed by atoms with van der Waals surface area (Å²) in [4.78, 5) is 21.5. The van der Waals surface area contributed by atoms with Crippen LogP contribution in [0.25, 0.3) is 11.3 Å². The molecule has 3 aromatic rings. The van der Waals surface area contributed by atoms with E-state index in [1.54, 1.807) is 6.20 Å². The Labute approximate surface area is 141 Å². The number of amides is 1.